The lowest BCUT2D eigenvalue weighted by Crippen LogP contribution is -2.27. The number of nitrogens with one attached hydrogen (secondary N) is 1. The molecule has 1 saturated heterocycles. The van der Waals surface area contributed by atoms with Crippen molar-refractivity contribution in [3.05, 3.63) is 17.5 Å². The minimum atomic E-state index is 0.0215. The second-order valence-electron chi connectivity index (χ2n) is 3.57. The minimum absolute atomic E-state index is 0.0215. The zero-order chi connectivity index (χ0) is 10.1. The molecule has 2 amide bonds. The Hall–Kier alpha value is -1.52. The third-order valence-electron chi connectivity index (χ3n) is 2.42. The Labute approximate surface area is 82.7 Å². The van der Waals surface area contributed by atoms with Crippen LogP contribution in [-0.2, 0) is 13.6 Å². The van der Waals surface area contributed by atoms with Crippen molar-refractivity contribution >= 4 is 6.03 Å². The molecule has 1 aliphatic rings. The number of carbonyl (C=O) groups excluding carboxylic acids is 1. The average molecular weight is 194 g/mol. The van der Waals surface area contributed by atoms with Crippen LogP contribution in [0.15, 0.2) is 6.20 Å². The average Bonchev–Trinajstić information content (AvgIpc) is 2.62. The molecule has 1 aromatic heterocycles. The van der Waals surface area contributed by atoms with Crippen LogP contribution in [0.1, 0.15) is 11.3 Å². The summed E-state index contributed by atoms with van der Waals surface area (Å²) in [6.45, 7) is 4.15. The molecule has 0 bridgehead atoms. The molecule has 0 radical (unpaired) electrons. The second kappa shape index (κ2) is 3.32. The summed E-state index contributed by atoms with van der Waals surface area (Å²) in [7, 11) is 1.89. The Bertz CT molecular complexity index is 358. The van der Waals surface area contributed by atoms with E-state index in [1.165, 1.54) is 0 Å². The van der Waals surface area contributed by atoms with Crippen LogP contribution in [0, 0.1) is 6.92 Å². The number of aromatic nitrogens is 2. The summed E-state index contributed by atoms with van der Waals surface area (Å²) in [5.74, 6) is 0. The molecule has 1 fully saturated rings. The molecule has 2 heterocycles. The van der Waals surface area contributed by atoms with Crippen molar-refractivity contribution in [2.75, 3.05) is 13.1 Å². The number of aryl methyl sites for hydroxylation is 2. The summed E-state index contributed by atoms with van der Waals surface area (Å²) in [5.41, 5.74) is 2.11. The van der Waals surface area contributed by atoms with Gasteiger partial charge in [0, 0.05) is 31.9 Å². The molecule has 5 heteroatoms. The van der Waals surface area contributed by atoms with Crippen LogP contribution in [0.2, 0.25) is 0 Å². The molecule has 14 heavy (non-hydrogen) atoms. The second-order valence-corrected chi connectivity index (χ2v) is 3.57. The van der Waals surface area contributed by atoms with Crippen molar-refractivity contribution in [3.8, 4) is 0 Å². The van der Waals surface area contributed by atoms with Gasteiger partial charge in [0.2, 0.25) is 0 Å². The fourth-order valence-electron chi connectivity index (χ4n) is 1.67. The Kier molecular flexibility index (Phi) is 2.15. The molecule has 1 aromatic rings. The zero-order valence-electron chi connectivity index (χ0n) is 8.45. The van der Waals surface area contributed by atoms with Crippen molar-refractivity contribution in [1.82, 2.24) is 20.0 Å². The minimum Gasteiger partial charge on any atom is -0.336 e. The molecule has 1 aliphatic heterocycles. The first-order chi connectivity index (χ1) is 6.66. The first kappa shape index (κ1) is 9.05. The molecule has 0 aromatic carbocycles. The first-order valence-corrected chi connectivity index (χ1v) is 4.68. The maximum atomic E-state index is 11.3. The predicted molar refractivity (Wildman–Crippen MR) is 51.8 cm³/mol. The highest BCUT2D eigenvalue weighted by Crippen LogP contribution is 2.10. The Morgan fingerprint density at radius 1 is 1.64 bits per heavy atom. The topological polar surface area (TPSA) is 50.2 Å². The number of carbonyl (C=O) groups is 1. The number of urea groups is 1. The Morgan fingerprint density at radius 2 is 2.43 bits per heavy atom. The van der Waals surface area contributed by atoms with E-state index in [1.807, 2.05) is 20.2 Å². The molecule has 5 nitrogen and oxygen atoms in total. The van der Waals surface area contributed by atoms with E-state index >= 15 is 0 Å². The highest BCUT2D eigenvalue weighted by molar-refractivity contribution is 5.76. The van der Waals surface area contributed by atoms with Crippen molar-refractivity contribution in [2.24, 2.45) is 7.05 Å². The summed E-state index contributed by atoms with van der Waals surface area (Å²) in [6, 6.07) is 0.0215. The fourth-order valence-corrected chi connectivity index (χ4v) is 1.67. The number of amides is 2. The lowest BCUT2D eigenvalue weighted by Gasteiger charge is -2.12. The molecule has 76 valence electrons. The van der Waals surface area contributed by atoms with Crippen LogP contribution in [0.4, 0.5) is 4.79 Å². The van der Waals surface area contributed by atoms with Crippen LogP contribution in [0.3, 0.4) is 0 Å². The molecule has 0 saturated carbocycles. The summed E-state index contributed by atoms with van der Waals surface area (Å²) in [5, 5.41) is 7.01. The standard InChI is InChI=1S/C9H14N4O/c1-7-8(5-12(2)11-7)6-13-4-3-10-9(13)14/h5H,3-4,6H2,1-2H3,(H,10,14). The van der Waals surface area contributed by atoms with E-state index in [1.54, 1.807) is 9.58 Å². The summed E-state index contributed by atoms with van der Waals surface area (Å²) in [6.07, 6.45) is 1.96. The van der Waals surface area contributed by atoms with Gasteiger partial charge in [-0.2, -0.15) is 5.10 Å². The van der Waals surface area contributed by atoms with Crippen LogP contribution < -0.4 is 5.32 Å². The first-order valence-electron chi connectivity index (χ1n) is 4.68. The maximum Gasteiger partial charge on any atom is 0.317 e. The molecular formula is C9H14N4O. The van der Waals surface area contributed by atoms with Gasteiger partial charge in [-0.25, -0.2) is 4.79 Å². The quantitative estimate of drug-likeness (QED) is 0.734. The van der Waals surface area contributed by atoms with Gasteiger partial charge < -0.3 is 10.2 Å². The van der Waals surface area contributed by atoms with Crippen molar-refractivity contribution < 1.29 is 4.79 Å². The maximum absolute atomic E-state index is 11.3. The predicted octanol–water partition coefficient (Wildman–Crippen LogP) is 0.254. The van der Waals surface area contributed by atoms with Crippen LogP contribution in [-0.4, -0.2) is 33.8 Å². The van der Waals surface area contributed by atoms with E-state index in [4.69, 9.17) is 0 Å². The van der Waals surface area contributed by atoms with Gasteiger partial charge in [0.15, 0.2) is 0 Å². The van der Waals surface area contributed by atoms with Gasteiger partial charge in [0.05, 0.1) is 12.2 Å². The van der Waals surface area contributed by atoms with E-state index in [0.29, 0.717) is 6.54 Å². The van der Waals surface area contributed by atoms with Gasteiger partial charge >= 0.3 is 6.03 Å². The summed E-state index contributed by atoms with van der Waals surface area (Å²) in [4.78, 5) is 13.1. The van der Waals surface area contributed by atoms with Gasteiger partial charge in [-0.05, 0) is 6.92 Å². The summed E-state index contributed by atoms with van der Waals surface area (Å²) >= 11 is 0. The molecule has 2 rings (SSSR count). The highest BCUT2D eigenvalue weighted by Gasteiger charge is 2.20. The molecule has 0 unspecified atom stereocenters. The van der Waals surface area contributed by atoms with Gasteiger partial charge in [-0.3, -0.25) is 4.68 Å². The van der Waals surface area contributed by atoms with Crippen LogP contribution >= 0.6 is 0 Å². The van der Waals surface area contributed by atoms with Crippen molar-refractivity contribution in [2.45, 2.75) is 13.5 Å². The van der Waals surface area contributed by atoms with Crippen molar-refractivity contribution in [1.29, 1.82) is 0 Å². The lowest BCUT2D eigenvalue weighted by atomic mass is 10.2. The number of hydrogen-bond donors (Lipinski definition) is 1. The molecule has 0 atom stereocenters. The van der Waals surface area contributed by atoms with Gasteiger partial charge in [0.1, 0.15) is 0 Å². The van der Waals surface area contributed by atoms with Gasteiger partial charge in [0.25, 0.3) is 0 Å². The third kappa shape index (κ3) is 1.57. The van der Waals surface area contributed by atoms with Crippen LogP contribution in [0.25, 0.3) is 0 Å². The summed E-state index contributed by atoms with van der Waals surface area (Å²) < 4.78 is 1.78. The Balaban J connectivity index is 2.10. The molecule has 0 aliphatic carbocycles. The molecule has 0 spiro atoms. The number of rotatable bonds is 2. The lowest BCUT2D eigenvalue weighted by molar-refractivity contribution is 0.215. The Morgan fingerprint density at radius 3 is 2.93 bits per heavy atom. The van der Waals surface area contributed by atoms with Gasteiger partial charge in [-0.15, -0.1) is 0 Å². The van der Waals surface area contributed by atoms with E-state index in [2.05, 4.69) is 10.4 Å². The smallest absolute Gasteiger partial charge is 0.317 e. The SMILES string of the molecule is Cc1nn(C)cc1CN1CCNC1=O. The third-order valence-corrected chi connectivity index (χ3v) is 2.42. The normalized spacial score (nSPS) is 16.1. The van der Waals surface area contributed by atoms with Gasteiger partial charge in [-0.1, -0.05) is 0 Å². The van der Waals surface area contributed by atoms with E-state index in [-0.39, 0.29) is 6.03 Å². The van der Waals surface area contributed by atoms with Crippen molar-refractivity contribution in [3.63, 3.8) is 0 Å². The van der Waals surface area contributed by atoms with E-state index < -0.39 is 0 Å². The number of hydrogen-bond acceptors (Lipinski definition) is 2. The fraction of sp³-hybridized carbons (Fsp3) is 0.556. The monoisotopic (exact) mass is 194 g/mol. The largest absolute Gasteiger partial charge is 0.336 e. The van der Waals surface area contributed by atoms with Crippen LogP contribution in [0.5, 0.6) is 0 Å². The number of nitrogens with zero attached hydrogens (tertiary/aromatic N) is 3. The molecular weight excluding hydrogens is 180 g/mol. The van der Waals surface area contributed by atoms with E-state index in [0.717, 1.165) is 24.3 Å². The highest BCUT2D eigenvalue weighted by atomic mass is 16.2. The zero-order valence-corrected chi connectivity index (χ0v) is 8.45. The molecule has 1 N–H and O–H groups in total. The van der Waals surface area contributed by atoms with E-state index in [9.17, 15) is 4.79 Å².